The minimum Gasteiger partial charge on any atom is -0.431 e. The van der Waals surface area contributed by atoms with E-state index in [4.69, 9.17) is 9.40 Å². The third-order valence-corrected chi connectivity index (χ3v) is 6.79. The summed E-state index contributed by atoms with van der Waals surface area (Å²) in [7, 11) is 0. The first kappa shape index (κ1) is 21.6. The monoisotopic (exact) mass is 481 g/mol. The van der Waals surface area contributed by atoms with Gasteiger partial charge in [0.05, 0.1) is 16.9 Å². The van der Waals surface area contributed by atoms with Gasteiger partial charge in [0.15, 0.2) is 10.7 Å². The van der Waals surface area contributed by atoms with Crippen molar-refractivity contribution in [2.24, 2.45) is 0 Å². The molecule has 0 saturated heterocycles. The van der Waals surface area contributed by atoms with E-state index < -0.39 is 0 Å². The highest BCUT2D eigenvalue weighted by Crippen LogP contribution is 2.33. The predicted octanol–water partition coefficient (Wildman–Crippen LogP) is 7.31. The van der Waals surface area contributed by atoms with Gasteiger partial charge in [0.2, 0.25) is 0 Å². The Bertz CT molecular complexity index is 1670. The molecule has 0 spiro atoms. The highest BCUT2D eigenvalue weighted by atomic mass is 32.2. The van der Waals surface area contributed by atoms with Gasteiger partial charge in [0.25, 0.3) is 5.22 Å². The van der Waals surface area contributed by atoms with Gasteiger partial charge in [-0.05, 0) is 60.9 Å². The number of hydrogen-bond donors (Lipinski definition) is 1. The number of benzene rings is 3. The van der Waals surface area contributed by atoms with Crippen molar-refractivity contribution in [2.45, 2.75) is 24.5 Å². The molecule has 6 aromatic rings. The minimum absolute atomic E-state index is 0.0204. The summed E-state index contributed by atoms with van der Waals surface area (Å²) < 4.78 is 19.8. The van der Waals surface area contributed by atoms with Crippen molar-refractivity contribution in [1.82, 2.24) is 15.0 Å². The number of halogens is 1. The molecule has 3 aromatic heterocycles. The molecule has 1 N–H and O–H groups in total. The fourth-order valence-corrected chi connectivity index (χ4v) is 5.07. The number of para-hydroxylation sites is 3. The second kappa shape index (κ2) is 9.00. The fraction of sp³-hybridized carbons (Fsp3) is 0.107. The third-order valence-electron chi connectivity index (χ3n) is 6.01. The lowest BCUT2D eigenvalue weighted by atomic mass is 10.0. The van der Waals surface area contributed by atoms with Crippen LogP contribution in [0.3, 0.4) is 0 Å². The average Bonchev–Trinajstić information content (AvgIpc) is 3.44. The summed E-state index contributed by atoms with van der Waals surface area (Å²) in [6.45, 7) is 0. The van der Waals surface area contributed by atoms with Crippen molar-refractivity contribution in [3.63, 3.8) is 0 Å². The second-order valence-electron chi connectivity index (χ2n) is 8.33. The summed E-state index contributed by atoms with van der Waals surface area (Å²) in [6.07, 6.45) is 1.55. The molecule has 0 atom stereocenters. The number of rotatable bonds is 6. The first-order chi connectivity index (χ1) is 17.1. The van der Waals surface area contributed by atoms with E-state index in [1.54, 1.807) is 12.1 Å². The number of hydrogen-bond acceptors (Lipinski definition) is 5. The van der Waals surface area contributed by atoms with Crippen LogP contribution in [0.4, 0.5) is 4.39 Å². The van der Waals surface area contributed by atoms with Gasteiger partial charge >= 0.3 is 0 Å². The lowest BCUT2D eigenvalue weighted by Crippen LogP contribution is -1.96. The van der Waals surface area contributed by atoms with E-state index in [0.717, 1.165) is 56.0 Å². The van der Waals surface area contributed by atoms with Gasteiger partial charge in [-0.3, -0.25) is 4.79 Å². The maximum Gasteiger partial charge on any atom is 0.264 e. The number of fused-ring (bicyclic) bond motifs is 3. The van der Waals surface area contributed by atoms with Crippen LogP contribution in [0.2, 0.25) is 0 Å². The molecule has 0 unspecified atom stereocenters. The van der Waals surface area contributed by atoms with Gasteiger partial charge in [0.1, 0.15) is 11.3 Å². The Kier molecular flexibility index (Phi) is 5.54. The average molecular weight is 482 g/mol. The molecule has 0 aliphatic heterocycles. The van der Waals surface area contributed by atoms with Crippen molar-refractivity contribution in [2.75, 3.05) is 0 Å². The molecule has 0 aliphatic rings. The third kappa shape index (κ3) is 4.31. The molecule has 35 heavy (non-hydrogen) atoms. The first-order valence-corrected chi connectivity index (χ1v) is 12.2. The number of aromatic amines is 1. The molecule has 0 saturated carbocycles. The number of oxazole rings is 1. The molecular formula is C28H20FN3O2S. The van der Waals surface area contributed by atoms with Crippen molar-refractivity contribution in [3.05, 3.63) is 90.2 Å². The fourth-order valence-electron chi connectivity index (χ4n) is 4.36. The number of carbonyl (C=O) groups excluding carboxylic acids is 1. The SMILES string of the molecule is O=C(CCCc1c(-c2ccc3ccccc3n2)[nH]c2ccc(F)cc12)Sc1nc2ccccc2o1. The summed E-state index contributed by atoms with van der Waals surface area (Å²) in [4.78, 5) is 25.2. The summed E-state index contributed by atoms with van der Waals surface area (Å²) in [5.41, 5.74) is 5.75. The lowest BCUT2D eigenvalue weighted by Gasteiger charge is -2.06. The zero-order valence-corrected chi connectivity index (χ0v) is 19.4. The molecule has 6 rings (SSSR count). The molecule has 0 fully saturated rings. The Balaban J connectivity index is 1.25. The predicted molar refractivity (Wildman–Crippen MR) is 137 cm³/mol. The van der Waals surface area contributed by atoms with Crippen LogP contribution in [-0.2, 0) is 11.2 Å². The van der Waals surface area contributed by atoms with Crippen molar-refractivity contribution in [3.8, 4) is 11.4 Å². The van der Waals surface area contributed by atoms with Crippen LogP contribution in [0.25, 0.3) is 44.3 Å². The van der Waals surface area contributed by atoms with Crippen LogP contribution in [0, 0.1) is 5.82 Å². The molecule has 0 bridgehead atoms. The Morgan fingerprint density at radius 3 is 2.66 bits per heavy atom. The number of H-pyrrole nitrogens is 1. The number of thioether (sulfide) groups is 1. The molecular weight excluding hydrogens is 461 g/mol. The minimum atomic E-state index is -0.293. The van der Waals surface area contributed by atoms with Crippen LogP contribution in [0.5, 0.6) is 0 Å². The van der Waals surface area contributed by atoms with E-state index >= 15 is 0 Å². The van der Waals surface area contributed by atoms with Gasteiger partial charge in [-0.2, -0.15) is 0 Å². The normalized spacial score (nSPS) is 11.6. The Labute approximate surface area is 204 Å². The van der Waals surface area contributed by atoms with Gasteiger partial charge in [-0.1, -0.05) is 36.4 Å². The van der Waals surface area contributed by atoms with E-state index in [1.165, 1.54) is 6.07 Å². The van der Waals surface area contributed by atoms with Crippen LogP contribution in [0.15, 0.2) is 88.5 Å². The summed E-state index contributed by atoms with van der Waals surface area (Å²) in [5.74, 6) is -0.293. The van der Waals surface area contributed by atoms with E-state index in [1.807, 2.05) is 60.7 Å². The second-order valence-corrected chi connectivity index (χ2v) is 9.34. The standard InChI is InChI=1S/C28H20FN3O2S/c29-18-13-15-22-20(16-18)19(27(31-22)24-14-12-17-6-1-2-8-21(17)30-24)7-5-11-26(33)35-28-32-23-9-3-4-10-25(23)34-28/h1-4,6,8-10,12-16,31H,5,7,11H2. The van der Waals surface area contributed by atoms with E-state index in [-0.39, 0.29) is 10.9 Å². The Morgan fingerprint density at radius 2 is 1.77 bits per heavy atom. The van der Waals surface area contributed by atoms with Crippen molar-refractivity contribution in [1.29, 1.82) is 0 Å². The van der Waals surface area contributed by atoms with Crippen LogP contribution in [-0.4, -0.2) is 20.1 Å². The number of nitrogens with one attached hydrogen (secondary N) is 1. The summed E-state index contributed by atoms with van der Waals surface area (Å²) in [6, 6.07) is 24.1. The van der Waals surface area contributed by atoms with E-state index in [9.17, 15) is 9.18 Å². The number of aromatic nitrogens is 3. The topological polar surface area (TPSA) is 71.8 Å². The van der Waals surface area contributed by atoms with Crippen LogP contribution >= 0.6 is 11.8 Å². The smallest absolute Gasteiger partial charge is 0.264 e. The Hall–Kier alpha value is -3.97. The summed E-state index contributed by atoms with van der Waals surface area (Å²) >= 11 is 1.02. The number of carbonyl (C=O) groups is 1. The largest absolute Gasteiger partial charge is 0.431 e. The summed E-state index contributed by atoms with van der Waals surface area (Å²) in [5, 5.41) is 2.20. The van der Waals surface area contributed by atoms with Gasteiger partial charge in [-0.15, -0.1) is 0 Å². The number of pyridine rings is 1. The number of aryl methyl sites for hydroxylation is 1. The highest BCUT2D eigenvalue weighted by molar-refractivity contribution is 8.13. The van der Waals surface area contributed by atoms with Crippen LogP contribution < -0.4 is 0 Å². The molecule has 3 aromatic carbocycles. The molecule has 172 valence electrons. The van der Waals surface area contributed by atoms with Gasteiger partial charge < -0.3 is 9.40 Å². The molecule has 0 aliphatic carbocycles. The van der Waals surface area contributed by atoms with Crippen molar-refractivity contribution >= 4 is 49.8 Å². The molecule has 0 radical (unpaired) electrons. The van der Waals surface area contributed by atoms with Crippen LogP contribution in [0.1, 0.15) is 18.4 Å². The maximum atomic E-state index is 14.1. The number of nitrogens with zero attached hydrogens (tertiary/aromatic N) is 2. The molecule has 5 nitrogen and oxygen atoms in total. The molecule has 0 amide bonds. The molecule has 7 heteroatoms. The Morgan fingerprint density at radius 1 is 0.943 bits per heavy atom. The van der Waals surface area contributed by atoms with Crippen molar-refractivity contribution < 1.29 is 13.6 Å². The quantitative estimate of drug-likeness (QED) is 0.253. The van der Waals surface area contributed by atoms with Gasteiger partial charge in [-0.25, -0.2) is 14.4 Å². The highest BCUT2D eigenvalue weighted by Gasteiger charge is 2.17. The van der Waals surface area contributed by atoms with Gasteiger partial charge in [0, 0.05) is 34.5 Å². The first-order valence-electron chi connectivity index (χ1n) is 11.4. The lowest BCUT2D eigenvalue weighted by molar-refractivity contribution is -0.111. The van der Waals surface area contributed by atoms with E-state index in [0.29, 0.717) is 30.1 Å². The zero-order chi connectivity index (χ0) is 23.8. The van der Waals surface area contributed by atoms with E-state index in [2.05, 4.69) is 9.97 Å². The molecule has 3 heterocycles. The zero-order valence-electron chi connectivity index (χ0n) is 18.6. The maximum absolute atomic E-state index is 14.1.